The smallest absolute Gasteiger partial charge is 0.262 e. The number of carbonyl (C=O) groups is 3. The fourth-order valence-corrected chi connectivity index (χ4v) is 5.84. The van der Waals surface area contributed by atoms with Crippen molar-refractivity contribution in [3.8, 4) is 16.9 Å². The molecule has 0 unspecified atom stereocenters. The Morgan fingerprint density at radius 1 is 1.07 bits per heavy atom. The summed E-state index contributed by atoms with van der Waals surface area (Å²) in [5.41, 5.74) is 7.95. The molecule has 0 aliphatic carbocycles. The van der Waals surface area contributed by atoms with Crippen LogP contribution in [0.25, 0.3) is 11.1 Å². The van der Waals surface area contributed by atoms with E-state index in [0.29, 0.717) is 66.3 Å². The second kappa shape index (κ2) is 13.2. The van der Waals surface area contributed by atoms with E-state index < -0.39 is 23.7 Å². The van der Waals surface area contributed by atoms with Crippen molar-refractivity contribution in [3.05, 3.63) is 70.7 Å². The van der Waals surface area contributed by atoms with Gasteiger partial charge in [-0.1, -0.05) is 18.2 Å². The highest BCUT2D eigenvalue weighted by molar-refractivity contribution is 7.12. The number of nitrogens with zero attached hydrogens (tertiary/aromatic N) is 1. The van der Waals surface area contributed by atoms with Crippen LogP contribution in [0.3, 0.4) is 0 Å². The highest BCUT2D eigenvalue weighted by Crippen LogP contribution is 2.30. The summed E-state index contributed by atoms with van der Waals surface area (Å²) in [4.78, 5) is 41.3. The quantitative estimate of drug-likeness (QED) is 0.424. The Bertz CT molecular complexity index is 1380. The number of nitrogens with two attached hydrogens (primary N) is 1. The lowest BCUT2D eigenvalue weighted by Gasteiger charge is -2.25. The molecule has 0 spiro atoms. The van der Waals surface area contributed by atoms with Crippen molar-refractivity contribution in [1.29, 1.82) is 0 Å². The van der Waals surface area contributed by atoms with Crippen LogP contribution >= 0.6 is 11.3 Å². The molecule has 2 aliphatic rings. The number of nitrogens with one attached hydrogen (secondary N) is 2. The first-order valence-electron chi connectivity index (χ1n) is 13.7. The maximum atomic E-state index is 14.6. The molecule has 1 aromatic heterocycles. The van der Waals surface area contributed by atoms with Crippen LogP contribution in [0, 0.1) is 5.82 Å². The Kier molecular flexibility index (Phi) is 9.28. The number of ether oxygens (including phenoxy) is 2. The molecular weight excluding hydrogens is 547 g/mol. The number of hydrogen-bond acceptors (Lipinski definition) is 7. The van der Waals surface area contributed by atoms with Gasteiger partial charge in [0.25, 0.3) is 5.91 Å². The van der Waals surface area contributed by atoms with Gasteiger partial charge in [-0.05, 0) is 66.1 Å². The molecule has 4 N–H and O–H groups in total. The van der Waals surface area contributed by atoms with E-state index in [1.807, 2.05) is 6.07 Å². The molecule has 4 bridgehead atoms. The van der Waals surface area contributed by atoms with Gasteiger partial charge < -0.3 is 30.7 Å². The van der Waals surface area contributed by atoms with Gasteiger partial charge in [0.1, 0.15) is 24.2 Å². The molecule has 0 saturated carbocycles. The van der Waals surface area contributed by atoms with Gasteiger partial charge in [-0.25, -0.2) is 4.39 Å². The van der Waals surface area contributed by atoms with Gasteiger partial charge in [0, 0.05) is 37.4 Å². The van der Waals surface area contributed by atoms with E-state index in [0.717, 1.165) is 0 Å². The summed E-state index contributed by atoms with van der Waals surface area (Å²) in [5.74, 6) is -1.03. The minimum absolute atomic E-state index is 0.0148. The van der Waals surface area contributed by atoms with Crippen LogP contribution in [0.15, 0.2) is 60.0 Å². The predicted octanol–water partition coefficient (Wildman–Crippen LogP) is 3.80. The van der Waals surface area contributed by atoms with Gasteiger partial charge in [0.15, 0.2) is 0 Å². The first kappa shape index (κ1) is 28.7. The topological polar surface area (TPSA) is 123 Å². The van der Waals surface area contributed by atoms with Crippen molar-refractivity contribution in [2.75, 3.05) is 31.7 Å². The maximum absolute atomic E-state index is 14.6. The SMILES string of the molecule is N[C@H]1C[C@H]2COc3cc(F)cc(c3)-c3csc(c3)C(=O)N[C@H](C(=O)Nc3ccccc3)COCCCCC(=O)N2C1. The largest absolute Gasteiger partial charge is 0.491 e. The summed E-state index contributed by atoms with van der Waals surface area (Å²) in [6, 6.07) is 13.7. The average Bonchev–Trinajstić information content (AvgIpc) is 3.60. The van der Waals surface area contributed by atoms with Crippen LogP contribution < -0.4 is 21.1 Å². The zero-order valence-corrected chi connectivity index (χ0v) is 23.3. The molecule has 5 rings (SSSR count). The molecule has 3 amide bonds. The summed E-state index contributed by atoms with van der Waals surface area (Å²) in [5, 5.41) is 7.33. The molecule has 0 radical (unpaired) electrons. The number of anilines is 1. The molecule has 2 aromatic carbocycles. The number of amides is 3. The fraction of sp³-hybridized carbons (Fsp3) is 0.367. The number of rotatable bonds is 2. The second-order valence-corrected chi connectivity index (χ2v) is 11.2. The molecule has 3 aromatic rings. The minimum Gasteiger partial charge on any atom is -0.491 e. The van der Waals surface area contributed by atoms with Crippen molar-refractivity contribution < 1.29 is 28.2 Å². The third kappa shape index (κ3) is 7.49. The molecule has 3 heterocycles. The van der Waals surface area contributed by atoms with E-state index in [1.165, 1.54) is 23.5 Å². The van der Waals surface area contributed by atoms with Crippen LogP contribution in [-0.2, 0) is 14.3 Å². The second-order valence-electron chi connectivity index (χ2n) is 10.3. The zero-order valence-electron chi connectivity index (χ0n) is 22.5. The molecule has 1 saturated heterocycles. The van der Waals surface area contributed by atoms with Crippen LogP contribution in [-0.4, -0.2) is 67.1 Å². The van der Waals surface area contributed by atoms with Crippen LogP contribution in [0.4, 0.5) is 10.1 Å². The highest BCUT2D eigenvalue weighted by Gasteiger charge is 2.33. The molecule has 3 atom stereocenters. The van der Waals surface area contributed by atoms with Crippen LogP contribution in [0.2, 0.25) is 0 Å². The molecule has 216 valence electrons. The van der Waals surface area contributed by atoms with Gasteiger partial charge in [-0.3, -0.25) is 14.4 Å². The molecule has 9 nitrogen and oxygen atoms in total. The predicted molar refractivity (Wildman–Crippen MR) is 154 cm³/mol. The standard InChI is InChI=1S/C30H33FN4O5S/c31-21-10-19-11-25(13-21)40-16-24-14-22(32)15-35(24)28(36)8-4-5-9-39-17-26(29(37)33-23-6-2-1-3-7-23)34-30(38)27-12-20(19)18-41-27/h1-3,6-7,10-13,18,22,24,26H,4-5,8-9,14-17,32H2,(H,33,37)(H,34,38)/t22-,24-,26-/m0/s1. The summed E-state index contributed by atoms with van der Waals surface area (Å²) in [6.07, 6.45) is 2.13. The first-order valence-corrected chi connectivity index (χ1v) is 14.6. The van der Waals surface area contributed by atoms with E-state index in [2.05, 4.69) is 10.6 Å². The van der Waals surface area contributed by atoms with Crippen molar-refractivity contribution in [2.45, 2.75) is 43.8 Å². The van der Waals surface area contributed by atoms with Crippen molar-refractivity contribution in [1.82, 2.24) is 10.2 Å². The van der Waals surface area contributed by atoms with E-state index in [1.54, 1.807) is 46.7 Å². The Labute approximate surface area is 241 Å². The summed E-state index contributed by atoms with van der Waals surface area (Å²) >= 11 is 1.19. The summed E-state index contributed by atoms with van der Waals surface area (Å²) in [6.45, 7) is 0.945. The molecular formula is C30H33FN4O5S. The van der Waals surface area contributed by atoms with Gasteiger partial charge in [-0.15, -0.1) is 11.3 Å². The third-order valence-corrected chi connectivity index (χ3v) is 8.04. The van der Waals surface area contributed by atoms with Crippen molar-refractivity contribution >= 4 is 34.7 Å². The Morgan fingerprint density at radius 2 is 1.90 bits per heavy atom. The van der Waals surface area contributed by atoms with Crippen LogP contribution in [0.1, 0.15) is 35.4 Å². The average molecular weight is 581 g/mol. The number of thiophene rings is 1. The lowest BCUT2D eigenvalue weighted by Crippen LogP contribution is -2.46. The summed E-state index contributed by atoms with van der Waals surface area (Å²) < 4.78 is 26.3. The maximum Gasteiger partial charge on any atom is 0.262 e. The molecule has 2 aliphatic heterocycles. The lowest BCUT2D eigenvalue weighted by molar-refractivity contribution is -0.132. The number of hydrogen-bond donors (Lipinski definition) is 3. The van der Waals surface area contributed by atoms with E-state index in [9.17, 15) is 18.8 Å². The number of carbonyl (C=O) groups excluding carboxylic acids is 3. The number of benzene rings is 2. The van der Waals surface area contributed by atoms with Gasteiger partial charge >= 0.3 is 0 Å². The number of para-hydroxylation sites is 1. The van der Waals surface area contributed by atoms with E-state index in [4.69, 9.17) is 15.2 Å². The third-order valence-electron chi connectivity index (χ3n) is 7.11. The first-order chi connectivity index (χ1) is 19.9. The Morgan fingerprint density at radius 3 is 2.73 bits per heavy atom. The molecule has 1 fully saturated rings. The van der Waals surface area contributed by atoms with Crippen molar-refractivity contribution in [2.24, 2.45) is 5.73 Å². The normalized spacial score (nSPS) is 22.3. The highest BCUT2D eigenvalue weighted by atomic mass is 32.1. The Balaban J connectivity index is 1.38. The zero-order chi connectivity index (χ0) is 28.8. The monoisotopic (exact) mass is 580 g/mol. The van der Waals surface area contributed by atoms with Gasteiger partial charge in [0.2, 0.25) is 11.8 Å². The van der Waals surface area contributed by atoms with E-state index >= 15 is 0 Å². The van der Waals surface area contributed by atoms with Crippen LogP contribution in [0.5, 0.6) is 5.75 Å². The molecule has 41 heavy (non-hydrogen) atoms. The van der Waals surface area contributed by atoms with Gasteiger partial charge in [-0.2, -0.15) is 0 Å². The van der Waals surface area contributed by atoms with Gasteiger partial charge in [0.05, 0.1) is 17.5 Å². The lowest BCUT2D eigenvalue weighted by atomic mass is 10.1. The Hall–Kier alpha value is -3.80. The molecule has 11 heteroatoms. The minimum atomic E-state index is -0.957. The number of fused-ring (bicyclic) bond motifs is 6. The van der Waals surface area contributed by atoms with E-state index in [-0.39, 0.29) is 31.2 Å². The fourth-order valence-electron chi connectivity index (χ4n) is 5.02. The number of halogens is 1. The van der Waals surface area contributed by atoms with Crippen molar-refractivity contribution in [3.63, 3.8) is 0 Å². The summed E-state index contributed by atoms with van der Waals surface area (Å²) in [7, 11) is 0.